The van der Waals surface area contributed by atoms with E-state index in [9.17, 15) is 4.79 Å². The molecule has 0 aromatic heterocycles. The molecule has 16 heavy (non-hydrogen) atoms. The van der Waals surface area contributed by atoms with Gasteiger partial charge in [0.1, 0.15) is 12.4 Å². The van der Waals surface area contributed by atoms with Crippen LogP contribution in [0.15, 0.2) is 24.3 Å². The van der Waals surface area contributed by atoms with Gasteiger partial charge in [-0.05, 0) is 19.1 Å². The molecule has 0 aliphatic carbocycles. The minimum Gasteiger partial charge on any atom is -0.494 e. The third kappa shape index (κ3) is 4.00. The molecule has 0 fully saturated rings. The Kier molecular flexibility index (Phi) is 5.53. The molecule has 2 N–H and O–H groups in total. The van der Waals surface area contributed by atoms with E-state index in [4.69, 9.17) is 15.2 Å². The zero-order chi connectivity index (χ0) is 11.8. The monoisotopic (exact) mass is 223 g/mol. The summed E-state index contributed by atoms with van der Waals surface area (Å²) in [6.45, 7) is 3.37. The molecule has 0 saturated carbocycles. The topological polar surface area (TPSA) is 61.5 Å². The maximum Gasteiger partial charge on any atom is 0.188 e. The van der Waals surface area contributed by atoms with Gasteiger partial charge in [0.25, 0.3) is 0 Å². The van der Waals surface area contributed by atoms with Crippen LogP contribution in [0.5, 0.6) is 5.75 Å². The first-order chi connectivity index (χ1) is 7.77. The molecule has 1 aromatic rings. The van der Waals surface area contributed by atoms with Gasteiger partial charge in [-0.25, -0.2) is 0 Å². The number of ether oxygens (including phenoxy) is 2. The second-order valence-electron chi connectivity index (χ2n) is 3.23. The summed E-state index contributed by atoms with van der Waals surface area (Å²) in [6.07, 6.45) is 0. The highest BCUT2D eigenvalue weighted by molar-refractivity contribution is 5.97. The van der Waals surface area contributed by atoms with Crippen LogP contribution in [0.4, 0.5) is 0 Å². The predicted molar refractivity (Wildman–Crippen MR) is 61.8 cm³/mol. The van der Waals surface area contributed by atoms with Crippen molar-refractivity contribution in [3.05, 3.63) is 29.8 Å². The van der Waals surface area contributed by atoms with E-state index in [2.05, 4.69) is 0 Å². The first kappa shape index (κ1) is 12.7. The number of hydrogen-bond donors (Lipinski definition) is 1. The maximum atomic E-state index is 11.7. The van der Waals surface area contributed by atoms with Gasteiger partial charge in [0.2, 0.25) is 0 Å². The minimum absolute atomic E-state index is 0.0602. The molecule has 0 spiro atoms. The lowest BCUT2D eigenvalue weighted by molar-refractivity contribution is 0.0774. The summed E-state index contributed by atoms with van der Waals surface area (Å²) in [5.41, 5.74) is 5.86. The van der Waals surface area contributed by atoms with Crippen LogP contribution < -0.4 is 10.5 Å². The van der Waals surface area contributed by atoms with Crippen molar-refractivity contribution in [1.29, 1.82) is 0 Å². The standard InChI is InChI=1S/C12H17NO3/c1-2-16-11-5-3-4-10(8-11)12(14)9-15-7-6-13/h3-5,8H,2,6-7,9,13H2,1H3. The van der Waals surface area contributed by atoms with Crippen molar-refractivity contribution >= 4 is 5.78 Å². The smallest absolute Gasteiger partial charge is 0.188 e. The molecule has 1 aromatic carbocycles. The van der Waals surface area contributed by atoms with Crippen LogP contribution in [0.3, 0.4) is 0 Å². The zero-order valence-electron chi connectivity index (χ0n) is 9.44. The molecule has 4 heteroatoms. The van der Waals surface area contributed by atoms with E-state index in [0.717, 1.165) is 0 Å². The molecule has 0 heterocycles. The highest BCUT2D eigenvalue weighted by atomic mass is 16.5. The van der Waals surface area contributed by atoms with Crippen LogP contribution >= 0.6 is 0 Å². The Balaban J connectivity index is 2.57. The van der Waals surface area contributed by atoms with Gasteiger partial charge in [-0.2, -0.15) is 0 Å². The number of carbonyl (C=O) groups excluding carboxylic acids is 1. The SMILES string of the molecule is CCOc1cccc(C(=O)COCCN)c1. The fourth-order valence-electron chi connectivity index (χ4n) is 1.26. The average Bonchev–Trinajstić information content (AvgIpc) is 2.30. The Bertz CT molecular complexity index is 339. The number of ketones is 1. The maximum absolute atomic E-state index is 11.7. The van der Waals surface area contributed by atoms with Gasteiger partial charge in [0.15, 0.2) is 5.78 Å². The van der Waals surface area contributed by atoms with Crippen LogP contribution in [0.2, 0.25) is 0 Å². The molecule has 0 unspecified atom stereocenters. The Morgan fingerprint density at radius 1 is 1.44 bits per heavy atom. The molecule has 0 aliphatic heterocycles. The zero-order valence-corrected chi connectivity index (χ0v) is 9.44. The normalized spacial score (nSPS) is 10.1. The molecule has 0 radical (unpaired) electrons. The molecule has 0 bridgehead atoms. The van der Waals surface area contributed by atoms with Crippen molar-refractivity contribution < 1.29 is 14.3 Å². The summed E-state index contributed by atoms with van der Waals surface area (Å²) in [6, 6.07) is 7.08. The van der Waals surface area contributed by atoms with E-state index in [1.165, 1.54) is 0 Å². The second-order valence-corrected chi connectivity index (χ2v) is 3.23. The van der Waals surface area contributed by atoms with Crippen LogP contribution in [-0.2, 0) is 4.74 Å². The van der Waals surface area contributed by atoms with Crippen molar-refractivity contribution in [2.75, 3.05) is 26.4 Å². The molecule has 4 nitrogen and oxygen atoms in total. The fourth-order valence-corrected chi connectivity index (χ4v) is 1.26. The largest absolute Gasteiger partial charge is 0.494 e. The highest BCUT2D eigenvalue weighted by Crippen LogP contribution is 2.13. The summed E-state index contributed by atoms with van der Waals surface area (Å²) in [7, 11) is 0. The van der Waals surface area contributed by atoms with Crippen molar-refractivity contribution in [1.82, 2.24) is 0 Å². The molecule has 88 valence electrons. The fraction of sp³-hybridized carbons (Fsp3) is 0.417. The summed E-state index contributed by atoms with van der Waals surface area (Å²) >= 11 is 0. The van der Waals surface area contributed by atoms with Gasteiger partial charge in [0.05, 0.1) is 13.2 Å². The van der Waals surface area contributed by atoms with E-state index >= 15 is 0 Å². The third-order valence-corrected chi connectivity index (χ3v) is 1.96. The van der Waals surface area contributed by atoms with Gasteiger partial charge in [-0.1, -0.05) is 12.1 Å². The molecule has 0 atom stereocenters. The average molecular weight is 223 g/mol. The van der Waals surface area contributed by atoms with Gasteiger partial charge < -0.3 is 15.2 Å². The molecule has 1 rings (SSSR count). The van der Waals surface area contributed by atoms with Gasteiger partial charge in [-0.15, -0.1) is 0 Å². The summed E-state index contributed by atoms with van der Waals surface area (Å²) in [5, 5.41) is 0. The number of Topliss-reactive ketones (excluding diaryl/α,β-unsaturated/α-hetero) is 1. The first-order valence-electron chi connectivity index (χ1n) is 5.31. The van der Waals surface area contributed by atoms with E-state index in [1.54, 1.807) is 18.2 Å². The number of nitrogens with two attached hydrogens (primary N) is 1. The lowest BCUT2D eigenvalue weighted by atomic mass is 10.1. The number of carbonyl (C=O) groups is 1. The minimum atomic E-state index is -0.0602. The molecule has 0 amide bonds. The third-order valence-electron chi connectivity index (χ3n) is 1.96. The van der Waals surface area contributed by atoms with E-state index in [-0.39, 0.29) is 12.4 Å². The number of rotatable bonds is 7. The van der Waals surface area contributed by atoms with Crippen LogP contribution in [-0.4, -0.2) is 32.1 Å². The number of hydrogen-bond acceptors (Lipinski definition) is 4. The summed E-state index contributed by atoms with van der Waals surface area (Å²) in [4.78, 5) is 11.7. The molecule has 0 aliphatic rings. The number of benzene rings is 1. The van der Waals surface area contributed by atoms with Crippen LogP contribution in [0, 0.1) is 0 Å². The Hall–Kier alpha value is -1.39. The van der Waals surface area contributed by atoms with E-state index < -0.39 is 0 Å². The first-order valence-corrected chi connectivity index (χ1v) is 5.31. The Morgan fingerprint density at radius 3 is 2.94 bits per heavy atom. The molecular weight excluding hydrogens is 206 g/mol. The predicted octanol–water partition coefficient (Wildman–Crippen LogP) is 1.24. The van der Waals surface area contributed by atoms with Crippen molar-refractivity contribution in [3.63, 3.8) is 0 Å². The van der Waals surface area contributed by atoms with Gasteiger partial charge in [-0.3, -0.25) is 4.79 Å². The molecular formula is C12H17NO3. The Morgan fingerprint density at radius 2 is 2.25 bits per heavy atom. The lowest BCUT2D eigenvalue weighted by Crippen LogP contribution is -2.14. The van der Waals surface area contributed by atoms with E-state index in [1.807, 2.05) is 13.0 Å². The van der Waals surface area contributed by atoms with E-state index in [0.29, 0.717) is 31.1 Å². The van der Waals surface area contributed by atoms with Crippen LogP contribution in [0.1, 0.15) is 17.3 Å². The van der Waals surface area contributed by atoms with Crippen molar-refractivity contribution in [2.24, 2.45) is 5.73 Å². The second kappa shape index (κ2) is 6.98. The summed E-state index contributed by atoms with van der Waals surface area (Å²) in [5.74, 6) is 0.641. The van der Waals surface area contributed by atoms with Gasteiger partial charge in [0, 0.05) is 12.1 Å². The quantitative estimate of drug-likeness (QED) is 0.558. The van der Waals surface area contributed by atoms with Gasteiger partial charge >= 0.3 is 0 Å². The Labute approximate surface area is 95.3 Å². The summed E-state index contributed by atoms with van der Waals surface area (Å²) < 4.78 is 10.4. The molecule has 0 saturated heterocycles. The van der Waals surface area contributed by atoms with Crippen LogP contribution in [0.25, 0.3) is 0 Å². The lowest BCUT2D eigenvalue weighted by Gasteiger charge is -2.05. The van der Waals surface area contributed by atoms with Crippen molar-refractivity contribution in [2.45, 2.75) is 6.92 Å². The highest BCUT2D eigenvalue weighted by Gasteiger charge is 2.06. The van der Waals surface area contributed by atoms with Crippen molar-refractivity contribution in [3.8, 4) is 5.75 Å².